The lowest BCUT2D eigenvalue weighted by molar-refractivity contribution is 0.201. The fourth-order valence-electron chi connectivity index (χ4n) is 4.54. The Morgan fingerprint density at radius 2 is 1.50 bits per heavy atom. The molecule has 10 heteroatoms. The van der Waals surface area contributed by atoms with Crippen molar-refractivity contribution in [2.75, 3.05) is 0 Å². The second-order valence-corrected chi connectivity index (χ2v) is 11.1. The van der Waals surface area contributed by atoms with E-state index >= 15 is 0 Å². The molecule has 1 saturated heterocycles. The van der Waals surface area contributed by atoms with Crippen molar-refractivity contribution in [3.63, 3.8) is 0 Å². The van der Waals surface area contributed by atoms with Crippen molar-refractivity contribution in [1.29, 1.82) is 0 Å². The van der Waals surface area contributed by atoms with Crippen LogP contribution in [-0.2, 0) is 10.0 Å². The second kappa shape index (κ2) is 10.4. The number of halogens is 2. The molecule has 0 aromatic heterocycles. The second-order valence-electron chi connectivity index (χ2n) is 8.78. The van der Waals surface area contributed by atoms with Crippen LogP contribution >= 0.6 is 12.2 Å². The summed E-state index contributed by atoms with van der Waals surface area (Å²) < 4.78 is 57.4. The van der Waals surface area contributed by atoms with Crippen LogP contribution in [0.4, 0.5) is 8.78 Å². The maximum absolute atomic E-state index is 14.2. The number of hydrogen-bond acceptors (Lipinski definition) is 4. The minimum Gasteiger partial charge on any atom is -0.375 e. The first-order chi connectivity index (χ1) is 17.1. The highest BCUT2D eigenvalue weighted by Crippen LogP contribution is 2.47. The van der Waals surface area contributed by atoms with Crippen molar-refractivity contribution in [1.82, 2.24) is 9.73 Å². The molecule has 1 aliphatic heterocycles. The van der Waals surface area contributed by atoms with Gasteiger partial charge in [0.2, 0.25) is 10.0 Å². The number of nitrogens with two attached hydrogens (primary N) is 1. The van der Waals surface area contributed by atoms with Crippen molar-refractivity contribution < 1.29 is 17.2 Å². The summed E-state index contributed by atoms with van der Waals surface area (Å²) in [5, 5.41) is 4.36. The van der Waals surface area contributed by atoms with E-state index in [1.807, 2.05) is 13.8 Å². The summed E-state index contributed by atoms with van der Waals surface area (Å²) in [6.07, 6.45) is 0.213. The van der Waals surface area contributed by atoms with E-state index in [1.54, 1.807) is 48.5 Å². The fourth-order valence-corrected chi connectivity index (χ4v) is 6.44. The number of thiocarbonyl (C=S) groups is 1. The lowest BCUT2D eigenvalue weighted by atomic mass is 9.81. The molecule has 1 fully saturated rings. The van der Waals surface area contributed by atoms with Gasteiger partial charge in [-0.1, -0.05) is 48.9 Å². The van der Waals surface area contributed by atoms with Crippen LogP contribution in [0, 0.1) is 24.5 Å². The Labute approximate surface area is 214 Å². The van der Waals surface area contributed by atoms with E-state index in [1.165, 1.54) is 28.6 Å². The molecule has 4 rings (SSSR count). The van der Waals surface area contributed by atoms with Gasteiger partial charge >= 0.3 is 0 Å². The number of piperidine rings is 1. The van der Waals surface area contributed by atoms with Gasteiger partial charge in [0.05, 0.1) is 17.0 Å². The van der Waals surface area contributed by atoms with E-state index < -0.39 is 39.7 Å². The number of rotatable bonds is 5. The zero-order valence-electron chi connectivity index (χ0n) is 19.7. The average molecular weight is 529 g/mol. The fraction of sp³-hybridized carbons (Fsp3) is 0.231. The number of nitrogens with one attached hydrogen (secondary N) is 1. The van der Waals surface area contributed by atoms with Crippen LogP contribution in [0.1, 0.15) is 42.1 Å². The topological polar surface area (TPSA) is 87.8 Å². The number of aryl methyl sites for hydroxylation is 1. The Kier molecular flexibility index (Phi) is 7.49. The molecule has 0 saturated carbocycles. The summed E-state index contributed by atoms with van der Waals surface area (Å²) in [5.41, 5.74) is 10.9. The maximum Gasteiger partial charge on any atom is 0.244 e. The predicted octanol–water partition coefficient (Wildman–Crippen LogP) is 4.98. The molecule has 36 heavy (non-hydrogen) atoms. The highest BCUT2D eigenvalue weighted by atomic mass is 32.2. The molecule has 3 unspecified atom stereocenters. The Balaban J connectivity index is 1.95. The van der Waals surface area contributed by atoms with Gasteiger partial charge in [0.15, 0.2) is 5.11 Å². The third-order valence-corrected chi connectivity index (χ3v) is 8.35. The molecule has 0 aliphatic carbocycles. The third kappa shape index (κ3) is 5.30. The molecule has 3 aromatic carbocycles. The van der Waals surface area contributed by atoms with Crippen molar-refractivity contribution in [2.24, 2.45) is 16.8 Å². The van der Waals surface area contributed by atoms with Crippen molar-refractivity contribution in [3.8, 4) is 0 Å². The van der Waals surface area contributed by atoms with Gasteiger partial charge in [-0.25, -0.2) is 17.2 Å². The van der Waals surface area contributed by atoms with E-state index in [0.717, 1.165) is 5.56 Å². The Hall–Kier alpha value is -3.21. The summed E-state index contributed by atoms with van der Waals surface area (Å²) >= 11 is 4.90. The highest BCUT2D eigenvalue weighted by molar-refractivity contribution is 7.89. The van der Waals surface area contributed by atoms with E-state index in [2.05, 4.69) is 10.5 Å². The van der Waals surface area contributed by atoms with Gasteiger partial charge in [-0.05, 0) is 66.7 Å². The number of sulfonamides is 1. The SMILES string of the molecule is Cc1ccc(S(=O)(=O)N2C(c3ccc(F)cc3)C/C(=N\NC(N)=S)C(C)C2c2ccc(F)cc2)cc1. The van der Waals surface area contributed by atoms with Crippen molar-refractivity contribution in [2.45, 2.75) is 37.2 Å². The molecule has 1 heterocycles. The molecular weight excluding hydrogens is 502 g/mol. The molecule has 3 atom stereocenters. The molecule has 3 N–H and O–H groups in total. The van der Waals surface area contributed by atoms with Crippen LogP contribution in [0.2, 0.25) is 0 Å². The van der Waals surface area contributed by atoms with E-state index in [-0.39, 0.29) is 16.4 Å². The molecule has 188 valence electrons. The number of benzene rings is 3. The van der Waals surface area contributed by atoms with Crippen LogP contribution < -0.4 is 11.2 Å². The molecule has 0 amide bonds. The molecule has 1 aliphatic rings. The largest absolute Gasteiger partial charge is 0.375 e. The van der Waals surface area contributed by atoms with Crippen molar-refractivity contribution >= 4 is 33.1 Å². The Morgan fingerprint density at radius 3 is 2.03 bits per heavy atom. The van der Waals surface area contributed by atoms with Gasteiger partial charge in [0.1, 0.15) is 11.6 Å². The summed E-state index contributed by atoms with van der Waals surface area (Å²) in [6.45, 7) is 3.73. The molecule has 3 aromatic rings. The van der Waals surface area contributed by atoms with Crippen LogP contribution in [-0.4, -0.2) is 23.5 Å². The number of hydrazone groups is 1. The van der Waals surface area contributed by atoms with Crippen molar-refractivity contribution in [3.05, 3.63) is 101 Å². The van der Waals surface area contributed by atoms with Crippen LogP contribution in [0.15, 0.2) is 82.8 Å². The average Bonchev–Trinajstić information content (AvgIpc) is 2.84. The van der Waals surface area contributed by atoms with Gasteiger partial charge in [-0.15, -0.1) is 0 Å². The van der Waals surface area contributed by atoms with Gasteiger partial charge in [0, 0.05) is 18.1 Å². The molecule has 0 radical (unpaired) electrons. The number of nitrogens with zero attached hydrogens (tertiary/aromatic N) is 2. The first kappa shape index (κ1) is 25.9. The Bertz CT molecular complexity index is 1380. The molecule has 0 bridgehead atoms. The van der Waals surface area contributed by atoms with Crippen LogP contribution in [0.25, 0.3) is 0 Å². The summed E-state index contributed by atoms with van der Waals surface area (Å²) in [6, 6.07) is 16.6. The van der Waals surface area contributed by atoms with E-state index in [0.29, 0.717) is 16.8 Å². The molecule has 6 nitrogen and oxygen atoms in total. The van der Waals surface area contributed by atoms with Gasteiger partial charge < -0.3 is 5.73 Å². The van der Waals surface area contributed by atoms with Gasteiger partial charge in [0.25, 0.3) is 0 Å². The first-order valence-corrected chi connectivity index (χ1v) is 13.2. The molecular formula is C26H26F2N4O2S2. The number of hydrogen-bond donors (Lipinski definition) is 2. The summed E-state index contributed by atoms with van der Waals surface area (Å²) in [7, 11) is -4.06. The monoisotopic (exact) mass is 528 g/mol. The van der Waals surface area contributed by atoms with Gasteiger partial charge in [-0.2, -0.15) is 9.41 Å². The zero-order chi connectivity index (χ0) is 26.0. The highest BCUT2D eigenvalue weighted by Gasteiger charge is 2.47. The predicted molar refractivity (Wildman–Crippen MR) is 140 cm³/mol. The Morgan fingerprint density at radius 1 is 0.972 bits per heavy atom. The van der Waals surface area contributed by atoms with E-state index in [9.17, 15) is 17.2 Å². The van der Waals surface area contributed by atoms with Crippen LogP contribution in [0.3, 0.4) is 0 Å². The smallest absolute Gasteiger partial charge is 0.244 e. The minimum atomic E-state index is -4.06. The lowest BCUT2D eigenvalue weighted by Crippen LogP contribution is -2.48. The normalized spacial score (nSPS) is 21.9. The maximum atomic E-state index is 14.2. The summed E-state index contributed by atoms with van der Waals surface area (Å²) in [4.78, 5) is 0.126. The standard InChI is InChI=1S/C26H26F2N4O2S2/c1-16-3-13-22(14-4-16)36(33,34)32-24(18-5-9-20(27)10-6-18)15-23(30-31-26(29)35)17(2)25(32)19-7-11-21(28)12-8-19/h3-14,17,24-25H,15H2,1-2H3,(H3,29,31,35)/b30-23+. The van der Waals surface area contributed by atoms with E-state index in [4.69, 9.17) is 18.0 Å². The third-order valence-electron chi connectivity index (χ3n) is 6.36. The molecule has 0 spiro atoms. The minimum absolute atomic E-state index is 0.0268. The quantitative estimate of drug-likeness (QED) is 0.361. The van der Waals surface area contributed by atoms with Gasteiger partial charge in [-0.3, -0.25) is 5.43 Å². The zero-order valence-corrected chi connectivity index (χ0v) is 21.4. The summed E-state index contributed by atoms with van der Waals surface area (Å²) in [5.74, 6) is -1.29. The van der Waals surface area contributed by atoms with Crippen LogP contribution in [0.5, 0.6) is 0 Å². The lowest BCUT2D eigenvalue weighted by Gasteiger charge is -2.45. The first-order valence-electron chi connectivity index (χ1n) is 11.3.